The number of amides is 1. The first-order valence-corrected chi connectivity index (χ1v) is 14.8. The molecule has 1 aromatic heterocycles. The van der Waals surface area contributed by atoms with E-state index in [4.69, 9.17) is 14.4 Å². The Morgan fingerprint density at radius 1 is 0.907 bits per heavy atom. The summed E-state index contributed by atoms with van der Waals surface area (Å²) in [4.78, 5) is 29.2. The summed E-state index contributed by atoms with van der Waals surface area (Å²) in [6.07, 6.45) is 6.73. The summed E-state index contributed by atoms with van der Waals surface area (Å²) >= 11 is 0. The molecule has 228 valence electrons. The zero-order valence-corrected chi connectivity index (χ0v) is 25.8. The standard InChI is InChI=1S/C34H39N3O4.CH4O/c1-5-6-7-8-9-22-40-29-20-16-27(17-21-29)33-36-31(37-41-33)25-12-10-24(11-13-25)30(23-38)35-32(39)26-14-18-28(19-15-26)34(2,3)4;1-2/h10-21,23,30H,5-9,22H2,1-4H3,(H,35,39);2H,1H3. The Kier molecular flexibility index (Phi) is 12.6. The molecule has 0 bridgehead atoms. The van der Waals surface area contributed by atoms with Crippen LogP contribution in [0.25, 0.3) is 22.8 Å². The molecule has 0 saturated carbocycles. The van der Waals surface area contributed by atoms with Gasteiger partial charge in [-0.2, -0.15) is 4.98 Å². The van der Waals surface area contributed by atoms with E-state index in [1.165, 1.54) is 25.7 Å². The number of aldehydes is 1. The first kappa shape index (κ1) is 33.2. The van der Waals surface area contributed by atoms with Crippen molar-refractivity contribution in [2.75, 3.05) is 13.7 Å². The van der Waals surface area contributed by atoms with Gasteiger partial charge < -0.3 is 24.5 Å². The first-order chi connectivity index (χ1) is 20.8. The molecule has 0 saturated heterocycles. The molecule has 1 heterocycles. The predicted molar refractivity (Wildman–Crippen MR) is 169 cm³/mol. The lowest BCUT2D eigenvalue weighted by Crippen LogP contribution is -2.29. The minimum absolute atomic E-state index is 0.00587. The second-order valence-corrected chi connectivity index (χ2v) is 11.2. The highest BCUT2D eigenvalue weighted by Gasteiger charge is 2.18. The van der Waals surface area contributed by atoms with Crippen molar-refractivity contribution in [2.45, 2.75) is 71.3 Å². The highest BCUT2D eigenvalue weighted by atomic mass is 16.5. The van der Waals surface area contributed by atoms with Crippen LogP contribution in [-0.4, -0.2) is 41.2 Å². The molecule has 2 N–H and O–H groups in total. The van der Waals surface area contributed by atoms with Crippen molar-refractivity contribution < 1.29 is 24.0 Å². The number of carbonyl (C=O) groups excluding carboxylic acids is 2. The fraction of sp³-hybridized carbons (Fsp3) is 0.371. The fourth-order valence-corrected chi connectivity index (χ4v) is 4.43. The Balaban J connectivity index is 0.00000248. The Morgan fingerprint density at radius 2 is 1.53 bits per heavy atom. The molecule has 1 atom stereocenters. The van der Waals surface area contributed by atoms with Gasteiger partial charge in [0.2, 0.25) is 5.82 Å². The van der Waals surface area contributed by atoms with Crippen LogP contribution in [0.3, 0.4) is 0 Å². The summed E-state index contributed by atoms with van der Waals surface area (Å²) in [7, 11) is 1.00. The quantitative estimate of drug-likeness (QED) is 0.125. The lowest BCUT2D eigenvalue weighted by molar-refractivity contribution is -0.109. The largest absolute Gasteiger partial charge is 0.494 e. The summed E-state index contributed by atoms with van der Waals surface area (Å²) in [5, 5.41) is 13.9. The van der Waals surface area contributed by atoms with Crippen LogP contribution in [-0.2, 0) is 10.2 Å². The Labute approximate surface area is 254 Å². The molecule has 8 nitrogen and oxygen atoms in total. The van der Waals surface area contributed by atoms with Crippen LogP contribution < -0.4 is 10.1 Å². The number of hydrogen-bond acceptors (Lipinski definition) is 7. The number of aliphatic hydroxyl groups excluding tert-OH is 1. The van der Waals surface area contributed by atoms with Crippen LogP contribution in [0.2, 0.25) is 0 Å². The lowest BCUT2D eigenvalue weighted by Gasteiger charge is -2.19. The van der Waals surface area contributed by atoms with E-state index in [-0.39, 0.29) is 11.3 Å². The maximum absolute atomic E-state index is 12.8. The molecule has 0 spiro atoms. The van der Waals surface area contributed by atoms with E-state index in [1.54, 1.807) is 24.3 Å². The summed E-state index contributed by atoms with van der Waals surface area (Å²) < 4.78 is 11.3. The predicted octanol–water partition coefficient (Wildman–Crippen LogP) is 7.33. The molecule has 4 aromatic rings. The smallest absolute Gasteiger partial charge is 0.258 e. The van der Waals surface area contributed by atoms with Crippen LogP contribution in [0.4, 0.5) is 0 Å². The van der Waals surface area contributed by atoms with Gasteiger partial charge in [-0.3, -0.25) is 4.79 Å². The first-order valence-electron chi connectivity index (χ1n) is 14.8. The van der Waals surface area contributed by atoms with Crippen molar-refractivity contribution in [1.82, 2.24) is 15.5 Å². The molecule has 0 fully saturated rings. The van der Waals surface area contributed by atoms with E-state index >= 15 is 0 Å². The number of nitrogens with zero attached hydrogens (tertiary/aromatic N) is 2. The van der Waals surface area contributed by atoms with Gasteiger partial charge in [0.05, 0.1) is 6.61 Å². The zero-order valence-electron chi connectivity index (χ0n) is 25.8. The van der Waals surface area contributed by atoms with Crippen molar-refractivity contribution in [1.29, 1.82) is 0 Å². The Hall–Kier alpha value is -4.30. The fourth-order valence-electron chi connectivity index (χ4n) is 4.43. The molecule has 4 rings (SSSR count). The van der Waals surface area contributed by atoms with E-state index in [2.05, 4.69) is 43.2 Å². The van der Waals surface area contributed by atoms with Crippen LogP contribution in [0.1, 0.15) is 87.3 Å². The summed E-state index contributed by atoms with van der Waals surface area (Å²) in [5.41, 5.74) is 3.83. The number of nitrogens with one attached hydrogen (secondary N) is 1. The third-order valence-corrected chi connectivity index (χ3v) is 7.01. The average molecular weight is 586 g/mol. The number of unbranched alkanes of at least 4 members (excludes halogenated alkanes) is 4. The van der Waals surface area contributed by atoms with Gasteiger partial charge >= 0.3 is 0 Å². The van der Waals surface area contributed by atoms with Crippen LogP contribution in [0.15, 0.2) is 77.3 Å². The number of aliphatic hydroxyl groups is 1. The van der Waals surface area contributed by atoms with Crippen molar-refractivity contribution in [2.24, 2.45) is 0 Å². The SMILES string of the molecule is CCCCCCCOc1ccc(-c2nc(-c3ccc(C(C=O)NC(=O)c4ccc(C(C)(C)C)cc4)cc3)no2)cc1.CO. The van der Waals surface area contributed by atoms with Gasteiger partial charge in [0.25, 0.3) is 11.8 Å². The molecule has 43 heavy (non-hydrogen) atoms. The number of rotatable bonds is 13. The van der Waals surface area contributed by atoms with Crippen molar-refractivity contribution in [3.63, 3.8) is 0 Å². The third-order valence-electron chi connectivity index (χ3n) is 7.01. The maximum Gasteiger partial charge on any atom is 0.258 e. The minimum Gasteiger partial charge on any atom is -0.494 e. The normalized spacial score (nSPS) is 11.7. The molecule has 8 heteroatoms. The molecule has 1 unspecified atom stereocenters. The second kappa shape index (κ2) is 16.4. The molecule has 0 radical (unpaired) electrons. The van der Waals surface area contributed by atoms with E-state index < -0.39 is 6.04 Å². The van der Waals surface area contributed by atoms with Crippen molar-refractivity contribution in [3.05, 3.63) is 89.5 Å². The minimum atomic E-state index is -0.781. The molecule has 0 aliphatic heterocycles. The molecule has 0 aliphatic rings. The van der Waals surface area contributed by atoms with Crippen molar-refractivity contribution in [3.8, 4) is 28.6 Å². The lowest BCUT2D eigenvalue weighted by atomic mass is 9.86. The summed E-state index contributed by atoms with van der Waals surface area (Å²) in [5.74, 6) is 1.35. The highest BCUT2D eigenvalue weighted by molar-refractivity contribution is 5.95. The second-order valence-electron chi connectivity index (χ2n) is 11.2. The number of hydrogen-bond donors (Lipinski definition) is 2. The Morgan fingerprint density at radius 3 is 2.14 bits per heavy atom. The van der Waals surface area contributed by atoms with Gasteiger partial charge in [-0.1, -0.05) is 94.9 Å². The summed E-state index contributed by atoms with van der Waals surface area (Å²) in [6, 6.07) is 21.5. The monoisotopic (exact) mass is 585 g/mol. The van der Waals surface area contributed by atoms with Gasteiger partial charge in [-0.25, -0.2) is 0 Å². The molecule has 3 aromatic carbocycles. The van der Waals surface area contributed by atoms with Crippen molar-refractivity contribution >= 4 is 12.2 Å². The highest BCUT2D eigenvalue weighted by Crippen LogP contribution is 2.26. The van der Waals surface area contributed by atoms with E-state index in [9.17, 15) is 9.59 Å². The van der Waals surface area contributed by atoms with Crippen LogP contribution in [0.5, 0.6) is 5.75 Å². The Bertz CT molecular complexity index is 1410. The van der Waals surface area contributed by atoms with E-state index in [1.807, 2.05) is 48.5 Å². The number of benzene rings is 3. The van der Waals surface area contributed by atoms with Gasteiger partial charge in [0, 0.05) is 23.8 Å². The zero-order chi connectivity index (χ0) is 31.2. The van der Waals surface area contributed by atoms with Gasteiger partial charge in [-0.05, 0) is 59.4 Å². The van der Waals surface area contributed by atoms with Crippen LogP contribution >= 0.6 is 0 Å². The molecular formula is C35H43N3O5. The van der Waals surface area contributed by atoms with E-state index in [0.717, 1.165) is 42.3 Å². The topological polar surface area (TPSA) is 115 Å². The van der Waals surface area contributed by atoms with Gasteiger partial charge in [0.15, 0.2) is 0 Å². The average Bonchev–Trinajstić information content (AvgIpc) is 3.53. The van der Waals surface area contributed by atoms with Crippen LogP contribution in [0, 0.1) is 0 Å². The molecule has 1 amide bonds. The number of carbonyl (C=O) groups is 2. The number of ether oxygens (including phenoxy) is 1. The molecular weight excluding hydrogens is 542 g/mol. The van der Waals surface area contributed by atoms with Gasteiger partial charge in [0.1, 0.15) is 18.1 Å². The van der Waals surface area contributed by atoms with Gasteiger partial charge in [-0.15, -0.1) is 0 Å². The van der Waals surface area contributed by atoms with E-state index in [0.29, 0.717) is 29.4 Å². The molecule has 0 aliphatic carbocycles. The summed E-state index contributed by atoms with van der Waals surface area (Å²) in [6.45, 7) is 9.28. The third kappa shape index (κ3) is 9.61. The maximum atomic E-state index is 12.8. The number of aromatic nitrogens is 2.